The Kier molecular flexibility index (Phi) is 6.32. The zero-order chi connectivity index (χ0) is 13.4. The molecule has 1 amide bonds. The Morgan fingerprint density at radius 1 is 1.39 bits per heavy atom. The number of para-hydroxylation sites is 1. The summed E-state index contributed by atoms with van der Waals surface area (Å²) in [7, 11) is 1.94. The van der Waals surface area contributed by atoms with E-state index in [9.17, 15) is 9.18 Å². The highest BCUT2D eigenvalue weighted by molar-refractivity contribution is 5.90. The fraction of sp³-hybridized carbons (Fsp3) is 0.462. The van der Waals surface area contributed by atoms with Gasteiger partial charge in [-0.2, -0.15) is 0 Å². The van der Waals surface area contributed by atoms with Crippen LogP contribution in [0.2, 0.25) is 0 Å². The fourth-order valence-corrected chi connectivity index (χ4v) is 1.54. The van der Waals surface area contributed by atoms with Crippen molar-refractivity contribution in [2.75, 3.05) is 32.0 Å². The van der Waals surface area contributed by atoms with E-state index in [1.807, 2.05) is 11.9 Å². The number of benzene rings is 1. The quantitative estimate of drug-likeness (QED) is 0.773. The summed E-state index contributed by atoms with van der Waals surface area (Å²) in [6, 6.07) is 6.14. The van der Waals surface area contributed by atoms with Gasteiger partial charge < -0.3 is 16.0 Å². The predicted octanol–water partition coefficient (Wildman–Crippen LogP) is 1.43. The van der Waals surface area contributed by atoms with E-state index in [2.05, 4.69) is 5.32 Å². The number of anilines is 1. The van der Waals surface area contributed by atoms with Gasteiger partial charge in [-0.15, -0.1) is 0 Å². The molecule has 4 nitrogen and oxygen atoms in total. The number of hydrogen-bond acceptors (Lipinski definition) is 3. The summed E-state index contributed by atoms with van der Waals surface area (Å²) in [5.41, 5.74) is 5.63. The van der Waals surface area contributed by atoms with E-state index in [4.69, 9.17) is 5.73 Å². The number of hydrogen-bond donors (Lipinski definition) is 2. The van der Waals surface area contributed by atoms with Crippen LogP contribution in [0.3, 0.4) is 0 Å². The molecule has 0 aliphatic heterocycles. The van der Waals surface area contributed by atoms with Crippen molar-refractivity contribution >= 4 is 11.6 Å². The van der Waals surface area contributed by atoms with Crippen molar-refractivity contribution in [3.8, 4) is 0 Å². The van der Waals surface area contributed by atoms with Crippen LogP contribution in [-0.2, 0) is 4.79 Å². The summed E-state index contributed by atoms with van der Waals surface area (Å²) < 4.78 is 13.3. The Labute approximate surface area is 107 Å². The smallest absolute Gasteiger partial charge is 0.225 e. The van der Waals surface area contributed by atoms with Crippen molar-refractivity contribution in [3.05, 3.63) is 30.1 Å². The molecule has 0 aromatic heterocycles. The summed E-state index contributed by atoms with van der Waals surface area (Å²) in [5.74, 6) is -0.595. The first kappa shape index (κ1) is 14.6. The lowest BCUT2D eigenvalue weighted by atomic mass is 10.3. The Morgan fingerprint density at radius 3 is 2.78 bits per heavy atom. The molecule has 100 valence electrons. The minimum atomic E-state index is -0.415. The second kappa shape index (κ2) is 7.79. The summed E-state index contributed by atoms with van der Waals surface area (Å²) in [5, 5.41) is 2.56. The van der Waals surface area contributed by atoms with Crippen LogP contribution >= 0.6 is 0 Å². The Hall–Kier alpha value is -1.46. The minimum Gasteiger partial charge on any atom is -0.330 e. The lowest BCUT2D eigenvalue weighted by Gasteiger charge is -2.15. The third-order valence-corrected chi connectivity index (χ3v) is 2.61. The van der Waals surface area contributed by atoms with Crippen LogP contribution in [0.1, 0.15) is 12.8 Å². The molecule has 0 atom stereocenters. The van der Waals surface area contributed by atoms with E-state index in [-0.39, 0.29) is 11.6 Å². The molecule has 0 unspecified atom stereocenters. The standard InChI is InChI=1S/C13H20FN3O/c1-17(9-4-8-15)10-7-13(18)16-12-6-3-2-5-11(12)14/h2-3,5-6H,4,7-10,15H2,1H3,(H,16,18). The molecule has 3 N–H and O–H groups in total. The number of nitrogens with zero attached hydrogens (tertiary/aromatic N) is 1. The summed E-state index contributed by atoms with van der Waals surface area (Å²) in [6.07, 6.45) is 1.25. The second-order valence-corrected chi connectivity index (χ2v) is 4.22. The van der Waals surface area contributed by atoms with E-state index in [1.54, 1.807) is 18.2 Å². The van der Waals surface area contributed by atoms with Gasteiger partial charge in [0.15, 0.2) is 0 Å². The van der Waals surface area contributed by atoms with Crippen molar-refractivity contribution in [2.24, 2.45) is 5.73 Å². The van der Waals surface area contributed by atoms with Gasteiger partial charge in [0.1, 0.15) is 5.82 Å². The van der Waals surface area contributed by atoms with E-state index in [0.717, 1.165) is 13.0 Å². The molecule has 1 rings (SSSR count). The Balaban J connectivity index is 2.32. The van der Waals surface area contributed by atoms with Gasteiger partial charge in [-0.05, 0) is 38.7 Å². The van der Waals surface area contributed by atoms with Gasteiger partial charge >= 0.3 is 0 Å². The molecule has 5 heteroatoms. The number of nitrogens with one attached hydrogen (secondary N) is 1. The average molecular weight is 253 g/mol. The van der Waals surface area contributed by atoms with E-state index < -0.39 is 5.82 Å². The van der Waals surface area contributed by atoms with Crippen LogP contribution in [0, 0.1) is 5.82 Å². The van der Waals surface area contributed by atoms with Gasteiger partial charge in [-0.25, -0.2) is 4.39 Å². The molecule has 1 aromatic carbocycles. The first-order valence-corrected chi connectivity index (χ1v) is 6.06. The Bertz CT molecular complexity index is 384. The second-order valence-electron chi connectivity index (χ2n) is 4.22. The minimum absolute atomic E-state index is 0.181. The normalized spacial score (nSPS) is 10.7. The lowest BCUT2D eigenvalue weighted by molar-refractivity contribution is -0.116. The van der Waals surface area contributed by atoms with Gasteiger partial charge in [0.05, 0.1) is 5.69 Å². The van der Waals surface area contributed by atoms with Crippen molar-refractivity contribution in [2.45, 2.75) is 12.8 Å². The van der Waals surface area contributed by atoms with Gasteiger partial charge in [-0.3, -0.25) is 4.79 Å². The SMILES string of the molecule is CN(CCCN)CCC(=O)Nc1ccccc1F. The molecule has 0 saturated carbocycles. The summed E-state index contributed by atoms with van der Waals surface area (Å²) in [6.45, 7) is 2.15. The van der Waals surface area contributed by atoms with Crippen LogP contribution in [0.4, 0.5) is 10.1 Å². The number of carbonyl (C=O) groups excluding carboxylic acids is 1. The molecule has 0 saturated heterocycles. The highest BCUT2D eigenvalue weighted by atomic mass is 19.1. The third-order valence-electron chi connectivity index (χ3n) is 2.61. The number of halogens is 1. The summed E-state index contributed by atoms with van der Waals surface area (Å²) in [4.78, 5) is 13.6. The maximum absolute atomic E-state index is 13.3. The molecule has 0 heterocycles. The molecular weight excluding hydrogens is 233 g/mol. The molecule has 0 aliphatic carbocycles. The summed E-state index contributed by atoms with van der Waals surface area (Å²) >= 11 is 0. The van der Waals surface area contributed by atoms with Crippen molar-refractivity contribution in [3.63, 3.8) is 0 Å². The molecule has 0 spiro atoms. The number of nitrogens with two attached hydrogens (primary N) is 1. The molecule has 0 bridgehead atoms. The maximum Gasteiger partial charge on any atom is 0.225 e. The lowest BCUT2D eigenvalue weighted by Crippen LogP contribution is -2.26. The zero-order valence-electron chi connectivity index (χ0n) is 10.7. The van der Waals surface area contributed by atoms with Gasteiger partial charge in [0.2, 0.25) is 5.91 Å². The van der Waals surface area contributed by atoms with Gasteiger partial charge in [0, 0.05) is 13.0 Å². The number of carbonyl (C=O) groups is 1. The molecule has 1 aromatic rings. The highest BCUT2D eigenvalue weighted by Crippen LogP contribution is 2.12. The largest absolute Gasteiger partial charge is 0.330 e. The Morgan fingerprint density at radius 2 is 2.11 bits per heavy atom. The zero-order valence-corrected chi connectivity index (χ0v) is 10.7. The third kappa shape index (κ3) is 5.25. The van der Waals surface area contributed by atoms with E-state index in [0.29, 0.717) is 19.5 Å². The molecule has 0 aliphatic rings. The van der Waals surface area contributed by atoms with Gasteiger partial charge in [0.25, 0.3) is 0 Å². The molecular formula is C13H20FN3O. The molecule has 18 heavy (non-hydrogen) atoms. The van der Waals surface area contributed by atoms with Gasteiger partial charge in [-0.1, -0.05) is 12.1 Å². The van der Waals surface area contributed by atoms with Crippen molar-refractivity contribution < 1.29 is 9.18 Å². The molecule has 0 radical (unpaired) electrons. The maximum atomic E-state index is 13.3. The van der Waals surface area contributed by atoms with Crippen LogP contribution in [0.15, 0.2) is 24.3 Å². The predicted molar refractivity (Wildman–Crippen MR) is 70.8 cm³/mol. The van der Waals surface area contributed by atoms with Crippen molar-refractivity contribution in [1.82, 2.24) is 4.90 Å². The van der Waals surface area contributed by atoms with Crippen LogP contribution < -0.4 is 11.1 Å². The molecule has 0 fully saturated rings. The first-order valence-electron chi connectivity index (χ1n) is 6.06. The van der Waals surface area contributed by atoms with E-state index >= 15 is 0 Å². The van der Waals surface area contributed by atoms with Crippen LogP contribution in [-0.4, -0.2) is 37.5 Å². The van der Waals surface area contributed by atoms with E-state index in [1.165, 1.54) is 6.07 Å². The number of amides is 1. The van der Waals surface area contributed by atoms with Crippen molar-refractivity contribution in [1.29, 1.82) is 0 Å². The fourth-order valence-electron chi connectivity index (χ4n) is 1.54. The van der Waals surface area contributed by atoms with Crippen LogP contribution in [0.25, 0.3) is 0 Å². The highest BCUT2D eigenvalue weighted by Gasteiger charge is 2.07. The average Bonchev–Trinajstić information content (AvgIpc) is 2.36. The number of rotatable bonds is 7. The van der Waals surface area contributed by atoms with Crippen LogP contribution in [0.5, 0.6) is 0 Å². The first-order chi connectivity index (χ1) is 8.63. The monoisotopic (exact) mass is 253 g/mol. The topological polar surface area (TPSA) is 58.4 Å².